The van der Waals surface area contributed by atoms with E-state index in [0.29, 0.717) is 23.5 Å². The Morgan fingerprint density at radius 2 is 1.91 bits per heavy atom. The average Bonchev–Trinajstić information content (AvgIpc) is 3.43. The van der Waals surface area contributed by atoms with Crippen LogP contribution in [0.4, 0.5) is 18.0 Å². The summed E-state index contributed by atoms with van der Waals surface area (Å²) >= 11 is 0. The Morgan fingerprint density at radius 1 is 1.17 bits per heavy atom. The van der Waals surface area contributed by atoms with Crippen molar-refractivity contribution in [3.63, 3.8) is 0 Å². The number of aryl methyl sites for hydroxylation is 1. The number of carbonyl (C=O) groups excluding carboxylic acids is 1. The number of aliphatic hydroxyl groups excluding tert-OH is 1. The number of urea groups is 1. The molecule has 1 saturated heterocycles. The molecule has 1 N–H and O–H groups in total. The monoisotopic (exact) mass is 487 g/mol. The first-order valence-electron chi connectivity index (χ1n) is 10.7. The highest BCUT2D eigenvalue weighted by Crippen LogP contribution is 2.32. The number of hydrazone groups is 1. The van der Waals surface area contributed by atoms with Crippen molar-refractivity contribution >= 4 is 12.2 Å². The van der Waals surface area contributed by atoms with E-state index in [1.807, 2.05) is 0 Å². The SMILES string of the molecule is Cn1nc(CO)nc1-c1cc(OC2CN(C(=O)N3N=CCC3c3cc(F)cc(F)c3)C2)c(F)cn1. The Kier molecular flexibility index (Phi) is 5.84. The number of amides is 2. The van der Waals surface area contributed by atoms with E-state index in [9.17, 15) is 23.1 Å². The van der Waals surface area contributed by atoms with Gasteiger partial charge in [-0.1, -0.05) is 0 Å². The van der Waals surface area contributed by atoms with Crippen LogP contribution in [0.2, 0.25) is 0 Å². The minimum atomic E-state index is -0.732. The molecule has 1 aromatic carbocycles. The van der Waals surface area contributed by atoms with Crippen LogP contribution < -0.4 is 4.74 Å². The Labute approximate surface area is 197 Å². The number of hydrogen-bond acceptors (Lipinski definition) is 7. The molecule has 10 nitrogen and oxygen atoms in total. The maximum Gasteiger partial charge on any atom is 0.341 e. The van der Waals surface area contributed by atoms with Gasteiger partial charge in [0.2, 0.25) is 0 Å². The molecule has 13 heteroatoms. The van der Waals surface area contributed by atoms with Gasteiger partial charge in [-0.05, 0) is 17.7 Å². The molecule has 0 radical (unpaired) electrons. The van der Waals surface area contributed by atoms with Crippen molar-refractivity contribution in [1.82, 2.24) is 29.7 Å². The lowest BCUT2D eigenvalue weighted by atomic mass is 10.0. The zero-order chi connectivity index (χ0) is 24.7. The van der Waals surface area contributed by atoms with Gasteiger partial charge in [-0.15, -0.1) is 0 Å². The van der Waals surface area contributed by atoms with Gasteiger partial charge in [0.1, 0.15) is 30.0 Å². The highest BCUT2D eigenvalue weighted by Gasteiger charge is 2.39. The third-order valence-corrected chi connectivity index (χ3v) is 5.71. The van der Waals surface area contributed by atoms with E-state index in [0.717, 1.165) is 12.3 Å². The zero-order valence-electron chi connectivity index (χ0n) is 18.5. The van der Waals surface area contributed by atoms with E-state index >= 15 is 0 Å². The topological polar surface area (TPSA) is 109 Å². The minimum Gasteiger partial charge on any atom is -0.483 e. The highest BCUT2D eigenvalue weighted by atomic mass is 19.1. The lowest BCUT2D eigenvalue weighted by molar-refractivity contribution is 0.0256. The van der Waals surface area contributed by atoms with Crippen LogP contribution in [0.25, 0.3) is 11.5 Å². The normalized spacial score (nSPS) is 17.7. The third kappa shape index (κ3) is 4.41. The molecule has 4 heterocycles. The van der Waals surface area contributed by atoms with Crippen LogP contribution >= 0.6 is 0 Å². The van der Waals surface area contributed by atoms with Crippen molar-refractivity contribution in [2.45, 2.75) is 25.2 Å². The van der Waals surface area contributed by atoms with Gasteiger partial charge >= 0.3 is 6.03 Å². The summed E-state index contributed by atoms with van der Waals surface area (Å²) in [6, 6.07) is 3.43. The van der Waals surface area contributed by atoms with Crippen LogP contribution in [-0.4, -0.2) is 66.2 Å². The summed E-state index contributed by atoms with van der Waals surface area (Å²) in [4.78, 5) is 22.5. The third-order valence-electron chi connectivity index (χ3n) is 5.71. The van der Waals surface area contributed by atoms with Crippen LogP contribution in [-0.2, 0) is 13.7 Å². The summed E-state index contributed by atoms with van der Waals surface area (Å²) in [5.41, 5.74) is 0.612. The smallest absolute Gasteiger partial charge is 0.341 e. The fourth-order valence-corrected chi connectivity index (χ4v) is 4.00. The van der Waals surface area contributed by atoms with Gasteiger partial charge in [-0.2, -0.15) is 10.2 Å². The predicted molar refractivity (Wildman–Crippen MR) is 116 cm³/mol. The molecule has 0 aliphatic carbocycles. The number of rotatable bonds is 5. The predicted octanol–water partition coefficient (Wildman–Crippen LogP) is 2.40. The van der Waals surface area contributed by atoms with E-state index in [2.05, 4.69) is 20.2 Å². The van der Waals surface area contributed by atoms with E-state index in [1.165, 1.54) is 39.0 Å². The Balaban J connectivity index is 1.24. The number of likely N-dealkylation sites (tertiary alicyclic amines) is 1. The van der Waals surface area contributed by atoms with Crippen molar-refractivity contribution in [3.05, 3.63) is 59.3 Å². The number of ether oxygens (including phenoxy) is 1. The number of hydrogen-bond donors (Lipinski definition) is 1. The molecule has 1 unspecified atom stereocenters. The number of pyridine rings is 1. The lowest BCUT2D eigenvalue weighted by Crippen LogP contribution is -2.58. The second-order valence-corrected chi connectivity index (χ2v) is 8.16. The van der Waals surface area contributed by atoms with Crippen LogP contribution in [0.1, 0.15) is 23.9 Å². The van der Waals surface area contributed by atoms with Crippen LogP contribution in [0.5, 0.6) is 5.75 Å². The zero-order valence-corrected chi connectivity index (χ0v) is 18.5. The quantitative estimate of drug-likeness (QED) is 0.592. The van der Waals surface area contributed by atoms with Crippen molar-refractivity contribution < 1.29 is 27.8 Å². The molecule has 1 atom stereocenters. The summed E-state index contributed by atoms with van der Waals surface area (Å²) in [5.74, 6) is -1.67. The van der Waals surface area contributed by atoms with Gasteiger partial charge in [0.25, 0.3) is 0 Å². The van der Waals surface area contributed by atoms with Gasteiger partial charge in [-0.25, -0.2) is 37.6 Å². The summed E-state index contributed by atoms with van der Waals surface area (Å²) in [6.07, 6.45) is 2.36. The Hall–Kier alpha value is -4.00. The fourth-order valence-electron chi connectivity index (χ4n) is 4.00. The molecule has 2 amide bonds. The molecule has 0 saturated carbocycles. The number of carbonyl (C=O) groups is 1. The second kappa shape index (κ2) is 8.98. The maximum absolute atomic E-state index is 14.3. The molecular formula is C22H20F3N7O3. The molecule has 1 fully saturated rings. The van der Waals surface area contributed by atoms with E-state index in [-0.39, 0.29) is 31.3 Å². The standard InChI is InChI=1S/C22H20F3N7O3/c1-30-21(28-20(11-33)29-30)17-7-19(16(25)8-26-17)35-15-9-31(10-15)22(34)32-18(2-3-27-32)12-4-13(23)6-14(24)5-12/h3-8,15,18,33H,2,9-11H2,1H3. The molecule has 3 aromatic rings. The number of nitrogens with zero attached hydrogens (tertiary/aromatic N) is 7. The molecule has 182 valence electrons. The molecular weight excluding hydrogens is 467 g/mol. The number of benzene rings is 1. The van der Waals surface area contributed by atoms with Gasteiger partial charge < -0.3 is 14.7 Å². The van der Waals surface area contributed by atoms with E-state index < -0.39 is 35.6 Å². The first-order valence-corrected chi connectivity index (χ1v) is 10.7. The molecule has 5 rings (SSSR count). The first-order chi connectivity index (χ1) is 16.8. The highest BCUT2D eigenvalue weighted by molar-refractivity contribution is 5.79. The average molecular weight is 487 g/mol. The van der Waals surface area contributed by atoms with E-state index in [4.69, 9.17) is 4.74 Å². The van der Waals surface area contributed by atoms with Crippen LogP contribution in [0.3, 0.4) is 0 Å². The Morgan fingerprint density at radius 3 is 2.60 bits per heavy atom. The summed E-state index contributed by atoms with van der Waals surface area (Å²) < 4.78 is 48.8. The van der Waals surface area contributed by atoms with Crippen molar-refractivity contribution in [3.8, 4) is 17.3 Å². The van der Waals surface area contributed by atoms with Crippen molar-refractivity contribution in [2.24, 2.45) is 12.1 Å². The number of aliphatic hydroxyl groups is 1. The molecule has 2 aliphatic rings. The summed E-state index contributed by atoms with van der Waals surface area (Å²) in [7, 11) is 1.62. The van der Waals surface area contributed by atoms with E-state index in [1.54, 1.807) is 7.05 Å². The molecule has 0 bridgehead atoms. The maximum atomic E-state index is 14.3. The minimum absolute atomic E-state index is 0.0621. The van der Waals surface area contributed by atoms with Gasteiger partial charge in [0.05, 0.1) is 25.3 Å². The Bertz CT molecular complexity index is 1290. The largest absolute Gasteiger partial charge is 0.483 e. The molecule has 0 spiro atoms. The van der Waals surface area contributed by atoms with Gasteiger partial charge in [-0.3, -0.25) is 0 Å². The van der Waals surface area contributed by atoms with Gasteiger partial charge in [0.15, 0.2) is 23.2 Å². The van der Waals surface area contributed by atoms with Crippen molar-refractivity contribution in [2.75, 3.05) is 13.1 Å². The first kappa shape index (κ1) is 22.8. The second-order valence-electron chi connectivity index (χ2n) is 8.16. The molecule has 2 aliphatic heterocycles. The summed E-state index contributed by atoms with van der Waals surface area (Å²) in [6.45, 7) is -0.00396. The van der Waals surface area contributed by atoms with Crippen molar-refractivity contribution in [1.29, 1.82) is 0 Å². The van der Waals surface area contributed by atoms with Crippen LogP contribution in [0.15, 0.2) is 35.6 Å². The van der Waals surface area contributed by atoms with Gasteiger partial charge in [0, 0.05) is 31.8 Å². The summed E-state index contributed by atoms with van der Waals surface area (Å²) in [5, 5.41) is 18.5. The lowest BCUT2D eigenvalue weighted by Gasteiger charge is -2.41. The number of aromatic nitrogens is 4. The fraction of sp³-hybridized carbons (Fsp3) is 0.318. The molecule has 35 heavy (non-hydrogen) atoms. The molecule has 2 aromatic heterocycles. The number of halogens is 3. The van der Waals surface area contributed by atoms with Crippen LogP contribution in [0, 0.1) is 17.5 Å².